The Bertz CT molecular complexity index is 299. The van der Waals surface area contributed by atoms with Gasteiger partial charge in [0.15, 0.2) is 11.6 Å². The van der Waals surface area contributed by atoms with Gasteiger partial charge >= 0.3 is 0 Å². The lowest BCUT2D eigenvalue weighted by Crippen LogP contribution is -2.16. The maximum Gasteiger partial charge on any atom is 0.165 e. The predicted molar refractivity (Wildman–Crippen MR) is 53.1 cm³/mol. The molecule has 1 rings (SSSR count). The van der Waals surface area contributed by atoms with E-state index in [1.165, 1.54) is 6.07 Å². The SMILES string of the molecule is COC(C)COc1cc(C)ccc1F. The van der Waals surface area contributed by atoms with E-state index in [9.17, 15) is 4.39 Å². The molecule has 1 atom stereocenters. The van der Waals surface area contributed by atoms with Crippen molar-refractivity contribution in [3.05, 3.63) is 29.6 Å². The molecule has 0 radical (unpaired) electrons. The molecule has 0 spiro atoms. The highest BCUT2D eigenvalue weighted by atomic mass is 19.1. The number of methoxy groups -OCH3 is 1. The number of ether oxygens (including phenoxy) is 2. The zero-order valence-electron chi connectivity index (χ0n) is 8.71. The van der Waals surface area contributed by atoms with Gasteiger partial charge in [-0.05, 0) is 31.5 Å². The second-order valence-electron chi connectivity index (χ2n) is 3.29. The van der Waals surface area contributed by atoms with Crippen LogP contribution in [0, 0.1) is 12.7 Å². The molecule has 0 heterocycles. The lowest BCUT2D eigenvalue weighted by Gasteiger charge is -2.12. The lowest BCUT2D eigenvalue weighted by molar-refractivity contribution is 0.0701. The fourth-order valence-corrected chi connectivity index (χ4v) is 0.996. The van der Waals surface area contributed by atoms with Gasteiger partial charge in [0.05, 0.1) is 6.10 Å². The normalized spacial score (nSPS) is 12.6. The van der Waals surface area contributed by atoms with Gasteiger partial charge in [-0.3, -0.25) is 0 Å². The van der Waals surface area contributed by atoms with Crippen molar-refractivity contribution in [2.45, 2.75) is 20.0 Å². The summed E-state index contributed by atoms with van der Waals surface area (Å²) in [6.45, 7) is 4.12. The zero-order valence-corrected chi connectivity index (χ0v) is 8.71. The molecule has 0 aliphatic rings. The van der Waals surface area contributed by atoms with Crippen molar-refractivity contribution >= 4 is 0 Å². The molecule has 0 aliphatic carbocycles. The minimum atomic E-state index is -0.334. The molecule has 0 amide bonds. The number of rotatable bonds is 4. The number of aryl methyl sites for hydroxylation is 1. The Morgan fingerprint density at radius 2 is 2.14 bits per heavy atom. The van der Waals surface area contributed by atoms with E-state index in [1.807, 2.05) is 13.8 Å². The molecule has 78 valence electrons. The first-order valence-corrected chi connectivity index (χ1v) is 4.55. The summed E-state index contributed by atoms with van der Waals surface area (Å²) in [4.78, 5) is 0. The number of hydrogen-bond acceptors (Lipinski definition) is 2. The summed E-state index contributed by atoms with van der Waals surface area (Å²) < 4.78 is 23.4. The van der Waals surface area contributed by atoms with Gasteiger partial charge in [0.25, 0.3) is 0 Å². The highest BCUT2D eigenvalue weighted by molar-refractivity contribution is 5.29. The van der Waals surface area contributed by atoms with Crippen LogP contribution in [-0.4, -0.2) is 19.8 Å². The molecule has 0 saturated heterocycles. The molecule has 1 aromatic carbocycles. The Labute approximate surface area is 83.6 Å². The number of halogens is 1. The van der Waals surface area contributed by atoms with E-state index in [-0.39, 0.29) is 17.7 Å². The standard InChI is InChI=1S/C11H15FO2/c1-8-4-5-10(12)11(6-8)14-7-9(2)13-3/h4-6,9H,7H2,1-3H3. The van der Waals surface area contributed by atoms with Crippen LogP contribution in [-0.2, 0) is 4.74 Å². The van der Waals surface area contributed by atoms with Gasteiger partial charge < -0.3 is 9.47 Å². The summed E-state index contributed by atoms with van der Waals surface area (Å²) in [7, 11) is 1.60. The van der Waals surface area contributed by atoms with Gasteiger partial charge in [-0.15, -0.1) is 0 Å². The van der Waals surface area contributed by atoms with Crippen LogP contribution in [0.4, 0.5) is 4.39 Å². The maximum atomic E-state index is 13.2. The van der Waals surface area contributed by atoms with Gasteiger partial charge in [0.1, 0.15) is 6.61 Å². The Balaban J connectivity index is 2.62. The van der Waals surface area contributed by atoms with Crippen LogP contribution in [0.3, 0.4) is 0 Å². The van der Waals surface area contributed by atoms with Crippen LogP contribution in [0.2, 0.25) is 0 Å². The van der Waals surface area contributed by atoms with Crippen molar-refractivity contribution in [2.75, 3.05) is 13.7 Å². The highest BCUT2D eigenvalue weighted by Crippen LogP contribution is 2.18. The lowest BCUT2D eigenvalue weighted by atomic mass is 10.2. The van der Waals surface area contributed by atoms with Gasteiger partial charge in [0.2, 0.25) is 0 Å². The molecular weight excluding hydrogens is 183 g/mol. The first kappa shape index (κ1) is 11.0. The summed E-state index contributed by atoms with van der Waals surface area (Å²) >= 11 is 0. The molecule has 0 aromatic heterocycles. The van der Waals surface area contributed by atoms with Crippen LogP contribution < -0.4 is 4.74 Å². The molecular formula is C11H15FO2. The summed E-state index contributed by atoms with van der Waals surface area (Å²) in [5.74, 6) is -0.0483. The summed E-state index contributed by atoms with van der Waals surface area (Å²) in [6.07, 6.45) is -0.0325. The van der Waals surface area contributed by atoms with E-state index in [2.05, 4.69) is 0 Å². The second kappa shape index (κ2) is 4.96. The minimum Gasteiger partial charge on any atom is -0.488 e. The fourth-order valence-electron chi connectivity index (χ4n) is 0.996. The maximum absolute atomic E-state index is 13.2. The quantitative estimate of drug-likeness (QED) is 0.740. The average Bonchev–Trinajstić information content (AvgIpc) is 2.19. The minimum absolute atomic E-state index is 0.0325. The highest BCUT2D eigenvalue weighted by Gasteiger charge is 2.05. The van der Waals surface area contributed by atoms with Crippen LogP contribution >= 0.6 is 0 Å². The summed E-state index contributed by atoms with van der Waals surface area (Å²) in [5, 5.41) is 0. The number of hydrogen-bond donors (Lipinski definition) is 0. The molecule has 0 bridgehead atoms. The molecule has 3 heteroatoms. The van der Waals surface area contributed by atoms with Gasteiger partial charge in [-0.2, -0.15) is 0 Å². The third kappa shape index (κ3) is 3.00. The Hall–Kier alpha value is -1.09. The molecule has 1 aromatic rings. The Kier molecular flexibility index (Phi) is 3.89. The van der Waals surface area contributed by atoms with E-state index in [4.69, 9.17) is 9.47 Å². The van der Waals surface area contributed by atoms with Crippen molar-refractivity contribution in [3.63, 3.8) is 0 Å². The molecule has 1 unspecified atom stereocenters. The molecule has 2 nitrogen and oxygen atoms in total. The van der Waals surface area contributed by atoms with E-state index < -0.39 is 0 Å². The van der Waals surface area contributed by atoms with Gasteiger partial charge in [-0.25, -0.2) is 4.39 Å². The third-order valence-corrected chi connectivity index (χ3v) is 1.96. The molecule has 14 heavy (non-hydrogen) atoms. The second-order valence-corrected chi connectivity index (χ2v) is 3.29. The number of benzene rings is 1. The van der Waals surface area contributed by atoms with Crippen LogP contribution in [0.5, 0.6) is 5.75 Å². The summed E-state index contributed by atoms with van der Waals surface area (Å²) in [6, 6.07) is 4.79. The average molecular weight is 198 g/mol. The van der Waals surface area contributed by atoms with E-state index in [0.717, 1.165) is 5.56 Å². The van der Waals surface area contributed by atoms with Crippen molar-refractivity contribution in [3.8, 4) is 5.75 Å². The smallest absolute Gasteiger partial charge is 0.165 e. The topological polar surface area (TPSA) is 18.5 Å². The van der Waals surface area contributed by atoms with E-state index in [1.54, 1.807) is 19.2 Å². The largest absolute Gasteiger partial charge is 0.488 e. The first-order chi connectivity index (χ1) is 6.63. The summed E-state index contributed by atoms with van der Waals surface area (Å²) in [5.41, 5.74) is 0.978. The molecule has 0 fully saturated rings. The third-order valence-electron chi connectivity index (χ3n) is 1.96. The van der Waals surface area contributed by atoms with Crippen LogP contribution in [0.15, 0.2) is 18.2 Å². The van der Waals surface area contributed by atoms with Crippen molar-refractivity contribution in [2.24, 2.45) is 0 Å². The Morgan fingerprint density at radius 3 is 2.79 bits per heavy atom. The van der Waals surface area contributed by atoms with E-state index in [0.29, 0.717) is 6.61 Å². The van der Waals surface area contributed by atoms with Gasteiger partial charge in [-0.1, -0.05) is 6.07 Å². The first-order valence-electron chi connectivity index (χ1n) is 4.55. The Morgan fingerprint density at radius 1 is 1.43 bits per heavy atom. The zero-order chi connectivity index (χ0) is 10.6. The molecule has 0 N–H and O–H groups in total. The van der Waals surface area contributed by atoms with Crippen molar-refractivity contribution in [1.29, 1.82) is 0 Å². The fraction of sp³-hybridized carbons (Fsp3) is 0.455. The predicted octanol–water partition coefficient (Wildman–Crippen LogP) is 2.55. The molecule has 0 aliphatic heterocycles. The monoisotopic (exact) mass is 198 g/mol. The van der Waals surface area contributed by atoms with E-state index >= 15 is 0 Å². The van der Waals surface area contributed by atoms with Crippen molar-refractivity contribution in [1.82, 2.24) is 0 Å². The van der Waals surface area contributed by atoms with Crippen molar-refractivity contribution < 1.29 is 13.9 Å². The van der Waals surface area contributed by atoms with Gasteiger partial charge in [0, 0.05) is 7.11 Å². The van der Waals surface area contributed by atoms with Crippen LogP contribution in [0.1, 0.15) is 12.5 Å². The molecule has 0 saturated carbocycles. The van der Waals surface area contributed by atoms with Crippen LogP contribution in [0.25, 0.3) is 0 Å².